The minimum Gasteiger partial charge on any atom is -0.468 e. The third-order valence-electron chi connectivity index (χ3n) is 2.30. The number of anilines is 1. The first-order valence-electron chi connectivity index (χ1n) is 5.57. The number of carbonyl (C=O) groups is 3. The lowest BCUT2D eigenvalue weighted by atomic mass is 10.2. The van der Waals surface area contributed by atoms with Gasteiger partial charge in [0.15, 0.2) is 0 Å². The molecule has 6 nitrogen and oxygen atoms in total. The second-order valence-corrected chi connectivity index (χ2v) is 3.77. The highest BCUT2D eigenvalue weighted by Crippen LogP contribution is 2.19. The van der Waals surface area contributed by atoms with Crippen molar-refractivity contribution < 1.29 is 23.9 Å². The fraction of sp³-hybridized carbons (Fsp3) is 0.308. The van der Waals surface area contributed by atoms with Gasteiger partial charge in [0.1, 0.15) is 12.3 Å². The summed E-state index contributed by atoms with van der Waals surface area (Å²) in [5.74, 6) is -0.853. The average Bonchev–Trinajstić information content (AvgIpc) is 2.35. The zero-order valence-electron chi connectivity index (χ0n) is 11.0. The molecule has 0 atom stereocenters. The Kier molecular flexibility index (Phi) is 5.05. The number of carbonyl (C=O) groups excluding carboxylic acids is 3. The molecule has 0 heterocycles. The molecule has 0 bridgehead atoms. The first kappa shape index (κ1) is 14.7. The van der Waals surface area contributed by atoms with Crippen molar-refractivity contribution in [3.63, 3.8) is 0 Å². The molecule has 1 aromatic carbocycles. The van der Waals surface area contributed by atoms with Gasteiger partial charge in [0, 0.05) is 19.5 Å². The summed E-state index contributed by atoms with van der Waals surface area (Å²) in [7, 11) is 1.25. The molecule has 19 heavy (non-hydrogen) atoms. The zero-order valence-corrected chi connectivity index (χ0v) is 11.0. The molecule has 102 valence electrons. The van der Waals surface area contributed by atoms with E-state index in [2.05, 4.69) is 4.74 Å². The highest BCUT2D eigenvalue weighted by Gasteiger charge is 2.16. The Morgan fingerprint density at radius 1 is 1.11 bits per heavy atom. The van der Waals surface area contributed by atoms with Crippen LogP contribution in [0.5, 0.6) is 5.75 Å². The second-order valence-electron chi connectivity index (χ2n) is 3.77. The molecular weight excluding hydrogens is 250 g/mol. The molecule has 1 amide bonds. The fourth-order valence-corrected chi connectivity index (χ4v) is 1.44. The molecule has 0 unspecified atom stereocenters. The van der Waals surface area contributed by atoms with E-state index in [0.717, 1.165) is 0 Å². The van der Waals surface area contributed by atoms with Gasteiger partial charge in [-0.3, -0.25) is 14.4 Å². The van der Waals surface area contributed by atoms with Crippen LogP contribution in [-0.4, -0.2) is 31.5 Å². The largest absolute Gasteiger partial charge is 0.468 e. The number of amides is 1. The minimum atomic E-state index is -0.515. The topological polar surface area (TPSA) is 72.9 Å². The van der Waals surface area contributed by atoms with E-state index in [1.54, 1.807) is 24.3 Å². The number of hydrogen-bond acceptors (Lipinski definition) is 5. The molecular formula is C13H15NO5. The van der Waals surface area contributed by atoms with Gasteiger partial charge in [-0.2, -0.15) is 0 Å². The van der Waals surface area contributed by atoms with Crippen LogP contribution in [0, 0.1) is 0 Å². The van der Waals surface area contributed by atoms with E-state index in [1.807, 2.05) is 0 Å². The first-order valence-corrected chi connectivity index (χ1v) is 5.57. The summed E-state index contributed by atoms with van der Waals surface area (Å²) in [6.07, 6.45) is 0. The smallest absolute Gasteiger partial charge is 0.325 e. The van der Waals surface area contributed by atoms with Gasteiger partial charge in [-0.25, -0.2) is 0 Å². The monoisotopic (exact) mass is 265 g/mol. The van der Waals surface area contributed by atoms with Crippen LogP contribution in [0.3, 0.4) is 0 Å². The highest BCUT2D eigenvalue weighted by molar-refractivity contribution is 5.96. The number of esters is 2. The van der Waals surface area contributed by atoms with E-state index >= 15 is 0 Å². The van der Waals surface area contributed by atoms with Crippen molar-refractivity contribution in [2.45, 2.75) is 13.8 Å². The van der Waals surface area contributed by atoms with Crippen LogP contribution in [-0.2, 0) is 19.1 Å². The Bertz CT molecular complexity index is 480. The normalized spacial score (nSPS) is 9.63. The Hall–Kier alpha value is -2.37. The minimum absolute atomic E-state index is 0.168. The number of benzene rings is 1. The van der Waals surface area contributed by atoms with Crippen molar-refractivity contribution in [1.82, 2.24) is 0 Å². The van der Waals surface area contributed by atoms with Crippen LogP contribution in [0.2, 0.25) is 0 Å². The maximum atomic E-state index is 11.5. The average molecular weight is 265 g/mol. The van der Waals surface area contributed by atoms with Crippen LogP contribution >= 0.6 is 0 Å². The summed E-state index contributed by atoms with van der Waals surface area (Å²) < 4.78 is 9.40. The quantitative estimate of drug-likeness (QED) is 0.603. The molecule has 6 heteroatoms. The summed E-state index contributed by atoms with van der Waals surface area (Å²) in [5.41, 5.74) is 0.522. The summed E-state index contributed by atoms with van der Waals surface area (Å²) in [6.45, 7) is 2.48. The van der Waals surface area contributed by atoms with Crippen LogP contribution in [0.1, 0.15) is 13.8 Å². The summed E-state index contributed by atoms with van der Waals surface area (Å²) >= 11 is 0. The molecule has 1 aromatic rings. The van der Waals surface area contributed by atoms with E-state index in [4.69, 9.17) is 4.74 Å². The molecule has 0 saturated heterocycles. The van der Waals surface area contributed by atoms with E-state index < -0.39 is 11.9 Å². The molecule has 1 rings (SSSR count). The summed E-state index contributed by atoms with van der Waals surface area (Å²) in [4.78, 5) is 34.8. The Labute approximate surface area is 110 Å². The van der Waals surface area contributed by atoms with Crippen molar-refractivity contribution in [1.29, 1.82) is 0 Å². The Balaban J connectivity index is 2.88. The second kappa shape index (κ2) is 6.53. The first-order chi connectivity index (χ1) is 8.93. The van der Waals surface area contributed by atoms with Crippen molar-refractivity contribution in [2.24, 2.45) is 0 Å². The number of methoxy groups -OCH3 is 1. The lowest BCUT2D eigenvalue weighted by molar-refractivity contribution is -0.140. The number of hydrogen-bond donors (Lipinski definition) is 0. The highest BCUT2D eigenvalue weighted by atomic mass is 16.5. The third-order valence-corrected chi connectivity index (χ3v) is 2.30. The van der Waals surface area contributed by atoms with Gasteiger partial charge in [0.2, 0.25) is 5.91 Å². The van der Waals surface area contributed by atoms with E-state index in [1.165, 1.54) is 25.9 Å². The lowest BCUT2D eigenvalue weighted by Gasteiger charge is -2.19. The summed E-state index contributed by atoms with van der Waals surface area (Å²) in [6, 6.07) is 6.26. The molecule has 0 aliphatic carbocycles. The zero-order chi connectivity index (χ0) is 14.4. The molecule has 0 aromatic heterocycles. The molecule has 0 aliphatic heterocycles. The van der Waals surface area contributed by atoms with Gasteiger partial charge in [-0.15, -0.1) is 0 Å². The number of rotatable bonds is 4. The SMILES string of the molecule is COC(=O)CN(C(C)=O)c1ccc(OC(C)=O)cc1. The predicted molar refractivity (Wildman–Crippen MR) is 67.8 cm³/mol. The van der Waals surface area contributed by atoms with Crippen molar-refractivity contribution in [3.05, 3.63) is 24.3 Å². The number of nitrogens with zero attached hydrogens (tertiary/aromatic N) is 1. The summed E-state index contributed by atoms with van der Waals surface area (Å²) in [5, 5.41) is 0. The molecule has 0 aliphatic rings. The molecule has 0 N–H and O–H groups in total. The van der Waals surface area contributed by atoms with E-state index in [0.29, 0.717) is 11.4 Å². The number of ether oxygens (including phenoxy) is 2. The molecule has 0 radical (unpaired) electrons. The standard InChI is InChI=1S/C13H15NO5/c1-9(15)14(8-13(17)18-3)11-4-6-12(7-5-11)19-10(2)16/h4-7H,8H2,1-3H3. The third kappa shape index (κ3) is 4.42. The van der Waals surface area contributed by atoms with Crippen LogP contribution in [0.4, 0.5) is 5.69 Å². The van der Waals surface area contributed by atoms with Gasteiger partial charge >= 0.3 is 11.9 Å². The maximum absolute atomic E-state index is 11.5. The van der Waals surface area contributed by atoms with Gasteiger partial charge in [-0.1, -0.05) is 0 Å². The molecule has 0 spiro atoms. The van der Waals surface area contributed by atoms with Gasteiger partial charge < -0.3 is 14.4 Å². The van der Waals surface area contributed by atoms with Crippen molar-refractivity contribution in [2.75, 3.05) is 18.6 Å². The van der Waals surface area contributed by atoms with Crippen molar-refractivity contribution >= 4 is 23.5 Å². The van der Waals surface area contributed by atoms with Gasteiger partial charge in [-0.05, 0) is 24.3 Å². The Morgan fingerprint density at radius 3 is 2.11 bits per heavy atom. The predicted octanol–water partition coefficient (Wildman–Crippen LogP) is 1.14. The van der Waals surface area contributed by atoms with Crippen LogP contribution in [0.15, 0.2) is 24.3 Å². The fourth-order valence-electron chi connectivity index (χ4n) is 1.44. The van der Waals surface area contributed by atoms with Gasteiger partial charge in [0.25, 0.3) is 0 Å². The Morgan fingerprint density at radius 2 is 1.68 bits per heavy atom. The van der Waals surface area contributed by atoms with Crippen molar-refractivity contribution in [3.8, 4) is 5.75 Å². The lowest BCUT2D eigenvalue weighted by Crippen LogP contribution is -2.34. The van der Waals surface area contributed by atoms with E-state index in [-0.39, 0.29) is 12.5 Å². The van der Waals surface area contributed by atoms with Gasteiger partial charge in [0.05, 0.1) is 7.11 Å². The maximum Gasteiger partial charge on any atom is 0.325 e. The molecule has 0 fully saturated rings. The molecule has 0 saturated carbocycles. The van der Waals surface area contributed by atoms with Crippen LogP contribution in [0.25, 0.3) is 0 Å². The van der Waals surface area contributed by atoms with E-state index in [9.17, 15) is 14.4 Å². The van der Waals surface area contributed by atoms with Crippen LogP contribution < -0.4 is 9.64 Å².